The number of halogens is 2. The van der Waals surface area contributed by atoms with Crippen molar-refractivity contribution in [3.8, 4) is 0 Å². The number of hydrogen-bond acceptors (Lipinski definition) is 4. The van der Waals surface area contributed by atoms with E-state index in [1.165, 1.54) is 13.0 Å². The van der Waals surface area contributed by atoms with Gasteiger partial charge in [-0.25, -0.2) is 4.39 Å². The summed E-state index contributed by atoms with van der Waals surface area (Å²) in [5, 5.41) is 6.87. The first-order valence-electron chi connectivity index (χ1n) is 9.96. The SMILES string of the molecule is C=C1C=C(C)N(c2cc(NC(C)=O)c(Br)cc2F)c2cc(C3C(C)=NOC3C)ccc21. The molecule has 1 N–H and O–H groups in total. The number of rotatable bonds is 3. The predicted molar refractivity (Wildman–Crippen MR) is 126 cm³/mol. The molecule has 2 aliphatic rings. The Bertz CT molecular complexity index is 1170. The summed E-state index contributed by atoms with van der Waals surface area (Å²) < 4.78 is 15.6. The molecule has 2 atom stereocenters. The van der Waals surface area contributed by atoms with Crippen molar-refractivity contribution < 1.29 is 14.0 Å². The Morgan fingerprint density at radius 2 is 2.00 bits per heavy atom. The second kappa shape index (κ2) is 7.96. The maximum Gasteiger partial charge on any atom is 0.221 e. The highest BCUT2D eigenvalue weighted by atomic mass is 79.9. The quantitative estimate of drug-likeness (QED) is 0.542. The van der Waals surface area contributed by atoms with E-state index in [0.29, 0.717) is 15.8 Å². The van der Waals surface area contributed by atoms with E-state index in [9.17, 15) is 4.79 Å². The molecule has 7 heteroatoms. The zero-order valence-corrected chi connectivity index (χ0v) is 19.4. The van der Waals surface area contributed by atoms with Crippen LogP contribution in [0.3, 0.4) is 0 Å². The summed E-state index contributed by atoms with van der Waals surface area (Å²) in [5.41, 5.74) is 6.21. The van der Waals surface area contributed by atoms with Crippen LogP contribution in [-0.2, 0) is 9.63 Å². The number of amides is 1. The molecule has 2 heterocycles. The highest BCUT2D eigenvalue weighted by Gasteiger charge is 2.32. The van der Waals surface area contributed by atoms with Gasteiger partial charge in [0.2, 0.25) is 5.91 Å². The lowest BCUT2D eigenvalue weighted by molar-refractivity contribution is -0.114. The Hall–Kier alpha value is -2.93. The van der Waals surface area contributed by atoms with Crippen molar-refractivity contribution in [2.45, 2.75) is 39.7 Å². The zero-order chi connectivity index (χ0) is 22.4. The first-order valence-corrected chi connectivity index (χ1v) is 10.7. The average molecular weight is 484 g/mol. The fourth-order valence-corrected chi connectivity index (χ4v) is 4.65. The standard InChI is InChI=1S/C24H23BrFN3O2/c1-12-8-13(2)29(23-11-21(27-16(5)30)19(25)10-20(23)26)22-9-17(6-7-18(12)22)24-14(3)28-31-15(24)4/h6-11,15,24H,1H2,2-5H3,(H,27,30). The number of anilines is 3. The second-order valence-corrected chi connectivity index (χ2v) is 8.76. The molecule has 2 aromatic rings. The molecule has 5 nitrogen and oxygen atoms in total. The molecule has 31 heavy (non-hydrogen) atoms. The molecule has 0 aromatic heterocycles. The number of benzene rings is 2. The largest absolute Gasteiger partial charge is 0.392 e. The van der Waals surface area contributed by atoms with Crippen LogP contribution < -0.4 is 10.2 Å². The van der Waals surface area contributed by atoms with Crippen molar-refractivity contribution in [3.63, 3.8) is 0 Å². The van der Waals surface area contributed by atoms with Crippen LogP contribution in [0.15, 0.2) is 58.3 Å². The minimum absolute atomic E-state index is 0.0244. The maximum absolute atomic E-state index is 15.2. The van der Waals surface area contributed by atoms with Crippen LogP contribution in [-0.4, -0.2) is 17.7 Å². The van der Waals surface area contributed by atoms with Gasteiger partial charge in [-0.05, 0) is 72.1 Å². The molecule has 2 aliphatic heterocycles. The number of nitrogens with one attached hydrogen (secondary N) is 1. The van der Waals surface area contributed by atoms with Crippen molar-refractivity contribution in [2.24, 2.45) is 5.16 Å². The van der Waals surface area contributed by atoms with Crippen LogP contribution in [0.5, 0.6) is 0 Å². The maximum atomic E-state index is 15.2. The third-order valence-electron chi connectivity index (χ3n) is 5.57. The van der Waals surface area contributed by atoms with Crippen molar-refractivity contribution in [1.29, 1.82) is 0 Å². The van der Waals surface area contributed by atoms with Crippen molar-refractivity contribution >= 4 is 50.2 Å². The molecular formula is C24H23BrFN3O2. The fraction of sp³-hybridized carbons (Fsp3) is 0.250. The molecule has 160 valence electrons. The molecule has 0 fully saturated rings. The smallest absolute Gasteiger partial charge is 0.221 e. The van der Waals surface area contributed by atoms with E-state index < -0.39 is 5.82 Å². The highest BCUT2D eigenvalue weighted by molar-refractivity contribution is 9.10. The summed E-state index contributed by atoms with van der Waals surface area (Å²) in [7, 11) is 0. The van der Waals surface area contributed by atoms with Gasteiger partial charge in [0.25, 0.3) is 0 Å². The number of allylic oxidation sites excluding steroid dienone is 3. The van der Waals surface area contributed by atoms with Crippen LogP contribution in [0, 0.1) is 5.82 Å². The van der Waals surface area contributed by atoms with E-state index in [1.54, 1.807) is 6.07 Å². The normalized spacial score (nSPS) is 20.1. The summed E-state index contributed by atoms with van der Waals surface area (Å²) in [5.74, 6) is -0.616. The number of carbonyl (C=O) groups excluding carboxylic acids is 1. The van der Waals surface area contributed by atoms with Crippen LogP contribution >= 0.6 is 15.9 Å². The highest BCUT2D eigenvalue weighted by Crippen LogP contribution is 2.45. The third kappa shape index (κ3) is 3.78. The fourth-order valence-electron chi connectivity index (χ4n) is 4.23. The number of fused-ring (bicyclic) bond motifs is 1. The molecular weight excluding hydrogens is 461 g/mol. The summed E-state index contributed by atoms with van der Waals surface area (Å²) in [6, 6.07) is 9.10. The molecule has 4 rings (SSSR count). The first-order chi connectivity index (χ1) is 14.7. The summed E-state index contributed by atoms with van der Waals surface area (Å²) in [4.78, 5) is 18.9. The Balaban J connectivity index is 1.88. The molecule has 0 saturated heterocycles. The number of oxime groups is 1. The van der Waals surface area contributed by atoms with Crippen LogP contribution in [0.25, 0.3) is 5.57 Å². The first kappa shape index (κ1) is 21.3. The van der Waals surface area contributed by atoms with Gasteiger partial charge in [-0.2, -0.15) is 0 Å². The summed E-state index contributed by atoms with van der Waals surface area (Å²) in [6.45, 7) is 11.4. The van der Waals surface area contributed by atoms with E-state index in [2.05, 4.69) is 33.0 Å². The van der Waals surface area contributed by atoms with E-state index in [0.717, 1.165) is 33.8 Å². The molecule has 2 unspecified atom stereocenters. The number of nitrogens with zero attached hydrogens (tertiary/aromatic N) is 2. The molecule has 1 amide bonds. The van der Waals surface area contributed by atoms with Gasteiger partial charge in [-0.1, -0.05) is 23.9 Å². The zero-order valence-electron chi connectivity index (χ0n) is 17.8. The van der Waals surface area contributed by atoms with Crippen molar-refractivity contribution in [1.82, 2.24) is 0 Å². The number of hydrogen-bond donors (Lipinski definition) is 1. The second-order valence-electron chi connectivity index (χ2n) is 7.91. The van der Waals surface area contributed by atoms with Gasteiger partial charge in [0.1, 0.15) is 11.9 Å². The molecule has 0 radical (unpaired) electrons. The summed E-state index contributed by atoms with van der Waals surface area (Å²) in [6.07, 6.45) is 1.85. The topological polar surface area (TPSA) is 53.9 Å². The van der Waals surface area contributed by atoms with Gasteiger partial charge in [0.05, 0.1) is 28.7 Å². The third-order valence-corrected chi connectivity index (χ3v) is 6.23. The molecule has 0 spiro atoms. The van der Waals surface area contributed by atoms with Gasteiger partial charge in [-0.3, -0.25) is 4.79 Å². The van der Waals surface area contributed by atoms with Crippen molar-refractivity contribution in [2.75, 3.05) is 10.2 Å². The van der Waals surface area contributed by atoms with Gasteiger partial charge in [0, 0.05) is 22.7 Å². The monoisotopic (exact) mass is 483 g/mol. The summed E-state index contributed by atoms with van der Waals surface area (Å²) >= 11 is 3.33. The van der Waals surface area contributed by atoms with E-state index in [4.69, 9.17) is 4.84 Å². The van der Waals surface area contributed by atoms with E-state index >= 15 is 4.39 Å². The van der Waals surface area contributed by atoms with Gasteiger partial charge >= 0.3 is 0 Å². The molecule has 0 aliphatic carbocycles. The van der Waals surface area contributed by atoms with Gasteiger partial charge < -0.3 is 15.1 Å². The lowest BCUT2D eigenvalue weighted by atomic mass is 9.87. The van der Waals surface area contributed by atoms with Gasteiger partial charge in [-0.15, -0.1) is 0 Å². The molecule has 0 bridgehead atoms. The predicted octanol–water partition coefficient (Wildman–Crippen LogP) is 6.49. The van der Waals surface area contributed by atoms with E-state index in [-0.39, 0.29) is 17.9 Å². The van der Waals surface area contributed by atoms with Crippen LogP contribution in [0.1, 0.15) is 44.7 Å². The van der Waals surface area contributed by atoms with Crippen molar-refractivity contribution in [3.05, 3.63) is 70.1 Å². The Kier molecular flexibility index (Phi) is 5.47. The lowest BCUT2D eigenvalue weighted by Gasteiger charge is -2.33. The average Bonchev–Trinajstić information content (AvgIpc) is 3.02. The Labute approximate surface area is 189 Å². The van der Waals surface area contributed by atoms with Crippen LogP contribution in [0.4, 0.5) is 21.5 Å². The van der Waals surface area contributed by atoms with E-state index in [1.807, 2.05) is 49.9 Å². The lowest BCUT2D eigenvalue weighted by Crippen LogP contribution is -2.22. The molecule has 0 saturated carbocycles. The minimum atomic E-state index is -0.409. The Morgan fingerprint density at radius 1 is 1.26 bits per heavy atom. The molecule has 2 aromatic carbocycles. The Morgan fingerprint density at radius 3 is 2.65 bits per heavy atom. The van der Waals surface area contributed by atoms with Gasteiger partial charge in [0.15, 0.2) is 0 Å². The minimum Gasteiger partial charge on any atom is -0.392 e. The number of carbonyl (C=O) groups is 1. The van der Waals surface area contributed by atoms with Crippen LogP contribution in [0.2, 0.25) is 0 Å².